The smallest absolute Gasteiger partial charge is 0.239 e. The van der Waals surface area contributed by atoms with Gasteiger partial charge in [-0.25, -0.2) is 0 Å². The third-order valence-corrected chi connectivity index (χ3v) is 4.26. The average molecular weight is 313 g/mol. The number of aryl methyl sites for hydroxylation is 1. The number of rotatable bonds is 8. The van der Waals surface area contributed by atoms with Crippen LogP contribution < -0.4 is 10.6 Å². The minimum atomic E-state index is -0.0955. The molecule has 0 saturated heterocycles. The van der Waals surface area contributed by atoms with Crippen LogP contribution in [0.25, 0.3) is 10.9 Å². The van der Waals surface area contributed by atoms with Crippen molar-refractivity contribution in [3.8, 4) is 0 Å². The first-order valence-electron chi connectivity index (χ1n) is 8.31. The highest BCUT2D eigenvalue weighted by molar-refractivity contribution is 5.85. The molecule has 1 aromatic carbocycles. The zero-order chi connectivity index (χ0) is 16.1. The largest absolute Gasteiger partial charge is 0.361 e. The number of H-pyrrole nitrogens is 1. The molecule has 0 radical (unpaired) electrons. The maximum Gasteiger partial charge on any atom is 0.239 e. The molecule has 0 atom stereocenters. The van der Waals surface area contributed by atoms with Gasteiger partial charge in [-0.05, 0) is 43.2 Å². The lowest BCUT2D eigenvalue weighted by Crippen LogP contribution is -2.37. The Kier molecular flexibility index (Phi) is 4.95. The van der Waals surface area contributed by atoms with Gasteiger partial charge in [-0.1, -0.05) is 18.2 Å². The Bertz CT molecular complexity index is 688. The monoisotopic (exact) mass is 313 g/mol. The number of fused-ring (bicyclic) bond motifs is 1. The summed E-state index contributed by atoms with van der Waals surface area (Å²) in [5.74, 6) is 0.499. The molecule has 1 aliphatic rings. The summed E-state index contributed by atoms with van der Waals surface area (Å²) in [6.07, 6.45) is 6.49. The van der Waals surface area contributed by atoms with Crippen molar-refractivity contribution >= 4 is 22.7 Å². The maximum absolute atomic E-state index is 11.8. The SMILES string of the molecule is O=C(CCCc1c[nH]c2ccccc12)NCC(=O)NCC1CC1. The number of benzene rings is 1. The van der Waals surface area contributed by atoms with E-state index < -0.39 is 0 Å². The molecule has 5 heteroatoms. The van der Waals surface area contributed by atoms with E-state index in [-0.39, 0.29) is 18.4 Å². The fourth-order valence-corrected chi connectivity index (χ4v) is 2.69. The second-order valence-corrected chi connectivity index (χ2v) is 6.24. The number of para-hydroxylation sites is 1. The second-order valence-electron chi connectivity index (χ2n) is 6.24. The predicted molar refractivity (Wildman–Crippen MR) is 90.0 cm³/mol. The van der Waals surface area contributed by atoms with E-state index in [1.807, 2.05) is 24.4 Å². The van der Waals surface area contributed by atoms with Crippen LogP contribution in [0.2, 0.25) is 0 Å². The van der Waals surface area contributed by atoms with Crippen LogP contribution in [-0.2, 0) is 16.0 Å². The molecule has 1 aromatic heterocycles. The van der Waals surface area contributed by atoms with Crippen molar-refractivity contribution in [2.75, 3.05) is 13.1 Å². The molecule has 122 valence electrons. The van der Waals surface area contributed by atoms with Crippen LogP contribution in [0.5, 0.6) is 0 Å². The quantitative estimate of drug-likeness (QED) is 0.698. The summed E-state index contributed by atoms with van der Waals surface area (Å²) in [5, 5.41) is 6.74. The van der Waals surface area contributed by atoms with Crippen LogP contribution in [0.1, 0.15) is 31.2 Å². The highest BCUT2D eigenvalue weighted by Gasteiger charge is 2.21. The molecule has 2 aromatic rings. The fraction of sp³-hybridized carbons (Fsp3) is 0.444. The first kappa shape index (κ1) is 15.6. The summed E-state index contributed by atoms with van der Waals surface area (Å²) in [5.41, 5.74) is 2.36. The van der Waals surface area contributed by atoms with Gasteiger partial charge in [0.2, 0.25) is 11.8 Å². The molecule has 1 saturated carbocycles. The Balaban J connectivity index is 1.34. The van der Waals surface area contributed by atoms with E-state index in [1.54, 1.807) is 0 Å². The van der Waals surface area contributed by atoms with Crippen molar-refractivity contribution in [1.29, 1.82) is 0 Å². The van der Waals surface area contributed by atoms with E-state index in [2.05, 4.69) is 21.7 Å². The van der Waals surface area contributed by atoms with Crippen LogP contribution in [0.15, 0.2) is 30.5 Å². The van der Waals surface area contributed by atoms with Gasteiger partial charge in [-0.3, -0.25) is 9.59 Å². The third kappa shape index (κ3) is 4.58. The zero-order valence-electron chi connectivity index (χ0n) is 13.2. The normalized spacial score (nSPS) is 13.9. The number of amides is 2. The van der Waals surface area contributed by atoms with E-state index in [0.29, 0.717) is 12.3 Å². The topological polar surface area (TPSA) is 74.0 Å². The Morgan fingerprint density at radius 3 is 2.78 bits per heavy atom. The van der Waals surface area contributed by atoms with Gasteiger partial charge in [0.05, 0.1) is 6.54 Å². The highest BCUT2D eigenvalue weighted by atomic mass is 16.2. The summed E-state index contributed by atoms with van der Waals surface area (Å²) in [6.45, 7) is 0.827. The number of carbonyl (C=O) groups is 2. The van der Waals surface area contributed by atoms with Gasteiger partial charge in [0, 0.05) is 30.1 Å². The number of aromatic amines is 1. The van der Waals surface area contributed by atoms with E-state index in [1.165, 1.54) is 23.8 Å². The minimum Gasteiger partial charge on any atom is -0.361 e. The van der Waals surface area contributed by atoms with Gasteiger partial charge >= 0.3 is 0 Å². The molecule has 0 bridgehead atoms. The molecule has 1 aliphatic carbocycles. The van der Waals surface area contributed by atoms with Gasteiger partial charge in [0.1, 0.15) is 0 Å². The summed E-state index contributed by atoms with van der Waals surface area (Å²) in [6, 6.07) is 8.16. The molecule has 0 aliphatic heterocycles. The Morgan fingerprint density at radius 1 is 1.13 bits per heavy atom. The Labute approximate surface area is 135 Å². The molecular weight excluding hydrogens is 290 g/mol. The standard InChI is InChI=1S/C18H23N3O2/c22-17(21-12-18(23)20-10-13-8-9-13)7-3-4-14-11-19-16-6-2-1-5-15(14)16/h1-2,5-6,11,13,19H,3-4,7-10,12H2,(H,20,23)(H,21,22). The predicted octanol–water partition coefficient (Wildman–Crippen LogP) is 2.13. The van der Waals surface area contributed by atoms with Gasteiger partial charge in [0.15, 0.2) is 0 Å². The number of hydrogen-bond donors (Lipinski definition) is 3. The first-order chi connectivity index (χ1) is 11.2. The lowest BCUT2D eigenvalue weighted by Gasteiger charge is -2.06. The summed E-state index contributed by atoms with van der Waals surface area (Å²) < 4.78 is 0. The van der Waals surface area contributed by atoms with Gasteiger partial charge in [-0.15, -0.1) is 0 Å². The molecular formula is C18H23N3O2. The third-order valence-electron chi connectivity index (χ3n) is 4.26. The fourth-order valence-electron chi connectivity index (χ4n) is 2.69. The van der Waals surface area contributed by atoms with Crippen molar-refractivity contribution in [3.63, 3.8) is 0 Å². The molecule has 0 spiro atoms. The van der Waals surface area contributed by atoms with Crippen LogP contribution in [0.4, 0.5) is 0 Å². The van der Waals surface area contributed by atoms with E-state index >= 15 is 0 Å². The molecule has 23 heavy (non-hydrogen) atoms. The van der Waals surface area contributed by atoms with Crippen molar-refractivity contribution in [2.24, 2.45) is 5.92 Å². The van der Waals surface area contributed by atoms with Crippen LogP contribution >= 0.6 is 0 Å². The highest BCUT2D eigenvalue weighted by Crippen LogP contribution is 2.27. The van der Waals surface area contributed by atoms with Gasteiger partial charge < -0.3 is 15.6 Å². The van der Waals surface area contributed by atoms with Crippen LogP contribution in [-0.4, -0.2) is 29.9 Å². The van der Waals surface area contributed by atoms with E-state index in [9.17, 15) is 9.59 Å². The van der Waals surface area contributed by atoms with E-state index in [0.717, 1.165) is 24.9 Å². The summed E-state index contributed by atoms with van der Waals surface area (Å²) >= 11 is 0. The molecule has 1 heterocycles. The number of hydrogen-bond acceptors (Lipinski definition) is 2. The van der Waals surface area contributed by atoms with Gasteiger partial charge in [0.25, 0.3) is 0 Å². The molecule has 3 rings (SSSR count). The first-order valence-corrected chi connectivity index (χ1v) is 8.31. The lowest BCUT2D eigenvalue weighted by atomic mass is 10.1. The molecule has 1 fully saturated rings. The lowest BCUT2D eigenvalue weighted by molar-refractivity contribution is -0.126. The number of aromatic nitrogens is 1. The minimum absolute atomic E-state index is 0.0635. The molecule has 5 nitrogen and oxygen atoms in total. The second kappa shape index (κ2) is 7.31. The molecule has 3 N–H and O–H groups in total. The van der Waals surface area contributed by atoms with Crippen molar-refractivity contribution < 1.29 is 9.59 Å². The Morgan fingerprint density at radius 2 is 1.96 bits per heavy atom. The van der Waals surface area contributed by atoms with Crippen molar-refractivity contribution in [2.45, 2.75) is 32.1 Å². The van der Waals surface area contributed by atoms with Crippen LogP contribution in [0.3, 0.4) is 0 Å². The van der Waals surface area contributed by atoms with Crippen molar-refractivity contribution in [1.82, 2.24) is 15.6 Å². The number of nitrogens with one attached hydrogen (secondary N) is 3. The van der Waals surface area contributed by atoms with E-state index in [4.69, 9.17) is 0 Å². The zero-order valence-corrected chi connectivity index (χ0v) is 13.2. The molecule has 0 unspecified atom stereocenters. The molecule has 2 amide bonds. The average Bonchev–Trinajstić information content (AvgIpc) is 3.31. The summed E-state index contributed by atoms with van der Waals surface area (Å²) in [7, 11) is 0. The summed E-state index contributed by atoms with van der Waals surface area (Å²) in [4.78, 5) is 26.6. The number of carbonyl (C=O) groups excluding carboxylic acids is 2. The van der Waals surface area contributed by atoms with Gasteiger partial charge in [-0.2, -0.15) is 0 Å². The maximum atomic E-state index is 11.8. The van der Waals surface area contributed by atoms with Crippen LogP contribution in [0, 0.1) is 5.92 Å². The Hall–Kier alpha value is -2.30. The van der Waals surface area contributed by atoms with Crippen molar-refractivity contribution in [3.05, 3.63) is 36.0 Å².